The lowest BCUT2D eigenvalue weighted by atomic mass is 9.84. The predicted molar refractivity (Wildman–Crippen MR) is 83.9 cm³/mol. The van der Waals surface area contributed by atoms with E-state index in [1.807, 2.05) is 6.07 Å². The van der Waals surface area contributed by atoms with Gasteiger partial charge in [0.15, 0.2) is 11.5 Å². The number of rotatable bonds is 5. The lowest BCUT2D eigenvalue weighted by Crippen LogP contribution is -2.27. The van der Waals surface area contributed by atoms with Gasteiger partial charge in [-0.2, -0.15) is 0 Å². The molecule has 0 heterocycles. The summed E-state index contributed by atoms with van der Waals surface area (Å²) < 4.78 is 10.7. The van der Waals surface area contributed by atoms with Crippen molar-refractivity contribution in [2.24, 2.45) is 5.92 Å². The zero-order valence-corrected chi connectivity index (χ0v) is 13.2. The molecular weight excluding hydrogens is 250 g/mol. The second-order valence-electron chi connectivity index (χ2n) is 5.80. The van der Waals surface area contributed by atoms with Gasteiger partial charge >= 0.3 is 0 Å². The molecular formula is C17H27NO2. The molecule has 3 nitrogen and oxygen atoms in total. The van der Waals surface area contributed by atoms with Crippen molar-refractivity contribution in [3.63, 3.8) is 0 Å². The Hall–Kier alpha value is -1.38. The summed E-state index contributed by atoms with van der Waals surface area (Å²) in [6, 6.07) is 4.69. The van der Waals surface area contributed by atoms with Gasteiger partial charge in [0.25, 0.3) is 0 Å². The molecule has 112 valence electrons. The first-order valence-corrected chi connectivity index (χ1v) is 7.67. The molecule has 0 aromatic heterocycles. The van der Waals surface area contributed by atoms with Crippen LogP contribution in [0.15, 0.2) is 12.1 Å². The van der Waals surface area contributed by atoms with Gasteiger partial charge in [-0.3, -0.25) is 0 Å². The van der Waals surface area contributed by atoms with E-state index in [-0.39, 0.29) is 0 Å². The molecule has 2 unspecified atom stereocenters. The predicted octanol–water partition coefficient (Wildman–Crippen LogP) is 4.39. The van der Waals surface area contributed by atoms with E-state index in [1.54, 1.807) is 14.2 Å². The molecule has 0 spiro atoms. The van der Waals surface area contributed by atoms with Gasteiger partial charge in [0, 0.05) is 17.8 Å². The second-order valence-corrected chi connectivity index (χ2v) is 5.80. The van der Waals surface area contributed by atoms with Crippen molar-refractivity contribution < 1.29 is 9.47 Å². The van der Waals surface area contributed by atoms with Crippen LogP contribution in [0.5, 0.6) is 11.5 Å². The first kappa shape index (κ1) is 15.0. The Morgan fingerprint density at radius 2 is 1.85 bits per heavy atom. The Morgan fingerprint density at radius 3 is 2.50 bits per heavy atom. The summed E-state index contributed by atoms with van der Waals surface area (Å²) >= 11 is 0. The van der Waals surface area contributed by atoms with Gasteiger partial charge in [-0.1, -0.05) is 26.2 Å². The number of hydrogen-bond acceptors (Lipinski definition) is 3. The normalized spacial score (nSPS) is 22.4. The van der Waals surface area contributed by atoms with E-state index in [4.69, 9.17) is 9.47 Å². The molecule has 2 rings (SSSR count). The van der Waals surface area contributed by atoms with Gasteiger partial charge in [-0.15, -0.1) is 0 Å². The number of nitrogens with one attached hydrogen (secondary N) is 1. The number of ether oxygens (including phenoxy) is 2. The fourth-order valence-corrected chi connectivity index (χ4v) is 3.15. The van der Waals surface area contributed by atoms with E-state index in [1.165, 1.54) is 43.4 Å². The summed E-state index contributed by atoms with van der Waals surface area (Å²) in [6.45, 7) is 4.42. The lowest BCUT2D eigenvalue weighted by molar-refractivity contribution is 0.327. The van der Waals surface area contributed by atoms with E-state index in [9.17, 15) is 0 Å². The van der Waals surface area contributed by atoms with Crippen molar-refractivity contribution in [3.05, 3.63) is 17.7 Å². The molecule has 1 fully saturated rings. The molecule has 20 heavy (non-hydrogen) atoms. The van der Waals surface area contributed by atoms with Gasteiger partial charge in [-0.25, -0.2) is 0 Å². The Labute approximate surface area is 122 Å². The molecule has 0 amide bonds. The zero-order chi connectivity index (χ0) is 14.5. The van der Waals surface area contributed by atoms with E-state index in [0.29, 0.717) is 6.04 Å². The minimum atomic E-state index is 0.588. The average Bonchev–Trinajstić information content (AvgIpc) is 2.49. The highest BCUT2D eigenvalue weighted by atomic mass is 16.5. The van der Waals surface area contributed by atoms with Crippen molar-refractivity contribution in [1.82, 2.24) is 0 Å². The third-order valence-electron chi connectivity index (χ3n) is 4.45. The standard InChI is InChI=1S/C17H27NO2/c1-5-13-7-6-8-14(10-13)18-15-11-17(20-4)16(19-3)9-12(15)2/h9,11,13-14,18H,5-8,10H2,1-4H3. The fraction of sp³-hybridized carbons (Fsp3) is 0.647. The van der Waals surface area contributed by atoms with Crippen LogP contribution in [0.3, 0.4) is 0 Å². The van der Waals surface area contributed by atoms with E-state index in [2.05, 4.69) is 25.2 Å². The zero-order valence-electron chi connectivity index (χ0n) is 13.2. The van der Waals surface area contributed by atoms with Crippen molar-refractivity contribution >= 4 is 5.69 Å². The molecule has 0 bridgehead atoms. The Morgan fingerprint density at radius 1 is 1.15 bits per heavy atom. The molecule has 1 aromatic rings. The largest absolute Gasteiger partial charge is 0.493 e. The SMILES string of the molecule is CCC1CCCC(Nc2cc(OC)c(OC)cc2C)C1. The van der Waals surface area contributed by atoms with Crippen LogP contribution in [0.4, 0.5) is 5.69 Å². The summed E-state index contributed by atoms with van der Waals surface area (Å²) in [6.07, 6.45) is 6.57. The molecule has 0 aliphatic heterocycles. The number of anilines is 1. The van der Waals surface area contributed by atoms with Crippen LogP contribution in [-0.2, 0) is 0 Å². The monoisotopic (exact) mass is 277 g/mol. The smallest absolute Gasteiger partial charge is 0.162 e. The third-order valence-corrected chi connectivity index (χ3v) is 4.45. The summed E-state index contributed by atoms with van der Waals surface area (Å²) in [7, 11) is 3.36. The van der Waals surface area contributed by atoms with Crippen LogP contribution < -0.4 is 14.8 Å². The minimum Gasteiger partial charge on any atom is -0.493 e. The minimum absolute atomic E-state index is 0.588. The van der Waals surface area contributed by atoms with Gasteiger partial charge in [0.1, 0.15) is 0 Å². The van der Waals surface area contributed by atoms with Gasteiger partial charge in [-0.05, 0) is 37.3 Å². The summed E-state index contributed by atoms with van der Waals surface area (Å²) in [5, 5.41) is 3.70. The molecule has 1 aliphatic carbocycles. The van der Waals surface area contributed by atoms with Crippen molar-refractivity contribution in [2.75, 3.05) is 19.5 Å². The number of aryl methyl sites for hydroxylation is 1. The molecule has 1 aliphatic rings. The average molecular weight is 277 g/mol. The van der Waals surface area contributed by atoms with Crippen LogP contribution in [-0.4, -0.2) is 20.3 Å². The van der Waals surface area contributed by atoms with E-state index in [0.717, 1.165) is 17.4 Å². The summed E-state index contributed by atoms with van der Waals surface area (Å²) in [5.41, 5.74) is 2.38. The number of hydrogen-bond donors (Lipinski definition) is 1. The molecule has 1 saturated carbocycles. The van der Waals surface area contributed by atoms with Crippen LogP contribution in [0.1, 0.15) is 44.6 Å². The second kappa shape index (κ2) is 6.87. The van der Waals surface area contributed by atoms with Crippen LogP contribution in [0.2, 0.25) is 0 Å². The molecule has 1 N–H and O–H groups in total. The molecule has 1 aromatic carbocycles. The topological polar surface area (TPSA) is 30.5 Å². The quantitative estimate of drug-likeness (QED) is 0.865. The van der Waals surface area contributed by atoms with Gasteiger partial charge < -0.3 is 14.8 Å². The van der Waals surface area contributed by atoms with Crippen LogP contribution in [0, 0.1) is 12.8 Å². The summed E-state index contributed by atoms with van der Waals surface area (Å²) in [5.74, 6) is 2.47. The third kappa shape index (κ3) is 3.38. The van der Waals surface area contributed by atoms with E-state index < -0.39 is 0 Å². The maximum atomic E-state index is 5.40. The molecule has 0 saturated heterocycles. The molecule has 3 heteroatoms. The molecule has 0 radical (unpaired) electrons. The van der Waals surface area contributed by atoms with Crippen LogP contribution in [0.25, 0.3) is 0 Å². The van der Waals surface area contributed by atoms with Gasteiger partial charge in [0.2, 0.25) is 0 Å². The molecule has 2 atom stereocenters. The van der Waals surface area contributed by atoms with Crippen molar-refractivity contribution in [3.8, 4) is 11.5 Å². The van der Waals surface area contributed by atoms with Crippen molar-refractivity contribution in [2.45, 2.75) is 52.0 Å². The number of methoxy groups -OCH3 is 2. The van der Waals surface area contributed by atoms with Crippen molar-refractivity contribution in [1.29, 1.82) is 0 Å². The maximum absolute atomic E-state index is 5.40. The fourth-order valence-electron chi connectivity index (χ4n) is 3.15. The van der Waals surface area contributed by atoms with Gasteiger partial charge in [0.05, 0.1) is 14.2 Å². The van der Waals surface area contributed by atoms with Crippen LogP contribution >= 0.6 is 0 Å². The number of benzene rings is 1. The first-order chi connectivity index (χ1) is 9.67. The maximum Gasteiger partial charge on any atom is 0.162 e. The highest BCUT2D eigenvalue weighted by Crippen LogP contribution is 2.35. The van der Waals surface area contributed by atoms with E-state index >= 15 is 0 Å². The lowest BCUT2D eigenvalue weighted by Gasteiger charge is -2.30. The summed E-state index contributed by atoms with van der Waals surface area (Å²) in [4.78, 5) is 0. The highest BCUT2D eigenvalue weighted by Gasteiger charge is 2.21. The Balaban J connectivity index is 2.12. The Bertz CT molecular complexity index is 445. The highest BCUT2D eigenvalue weighted by molar-refractivity contribution is 5.60. The first-order valence-electron chi connectivity index (χ1n) is 7.67. The Kier molecular flexibility index (Phi) is 5.16.